The van der Waals surface area contributed by atoms with Crippen LogP contribution in [0.5, 0.6) is 0 Å². The summed E-state index contributed by atoms with van der Waals surface area (Å²) in [4.78, 5) is 19.5. The Bertz CT molecular complexity index is 768. The fraction of sp³-hybridized carbons (Fsp3) is 0.214. The number of benzene rings is 1. The summed E-state index contributed by atoms with van der Waals surface area (Å²) in [5.74, 6) is 0.624. The van der Waals surface area contributed by atoms with Gasteiger partial charge in [0.15, 0.2) is 11.5 Å². The summed E-state index contributed by atoms with van der Waals surface area (Å²) in [6, 6.07) is 7.85. The molecular formula is C14H14N6O. The molecule has 21 heavy (non-hydrogen) atoms. The molecule has 106 valence electrons. The SMILES string of the molecule is O=C(Nc1c[nH]nc1-c1nc2ccccc2[nH]1)NC1CC1. The monoisotopic (exact) mass is 282 g/mol. The molecule has 1 fully saturated rings. The van der Waals surface area contributed by atoms with Gasteiger partial charge in [0.05, 0.1) is 16.7 Å². The maximum atomic E-state index is 11.8. The molecule has 1 aromatic carbocycles. The number of nitrogens with zero attached hydrogens (tertiary/aromatic N) is 2. The molecule has 1 saturated carbocycles. The molecule has 0 saturated heterocycles. The van der Waals surface area contributed by atoms with Crippen LogP contribution in [0.15, 0.2) is 30.5 Å². The number of H-pyrrole nitrogens is 2. The third kappa shape index (κ3) is 2.33. The lowest BCUT2D eigenvalue weighted by molar-refractivity contribution is 0.251. The second-order valence-electron chi connectivity index (χ2n) is 5.12. The number of anilines is 1. The van der Waals surface area contributed by atoms with Crippen molar-refractivity contribution < 1.29 is 4.79 Å². The maximum absolute atomic E-state index is 11.8. The predicted molar refractivity (Wildman–Crippen MR) is 78.9 cm³/mol. The zero-order valence-electron chi connectivity index (χ0n) is 11.2. The molecule has 0 bridgehead atoms. The molecule has 0 spiro atoms. The summed E-state index contributed by atoms with van der Waals surface area (Å²) in [7, 11) is 0. The van der Waals surface area contributed by atoms with Crippen LogP contribution >= 0.6 is 0 Å². The third-order valence-corrected chi connectivity index (χ3v) is 3.41. The molecule has 0 unspecified atom stereocenters. The highest BCUT2D eigenvalue weighted by Crippen LogP contribution is 2.25. The minimum absolute atomic E-state index is 0.212. The first-order chi connectivity index (χ1) is 10.3. The van der Waals surface area contributed by atoms with Crippen LogP contribution in [0, 0.1) is 0 Å². The summed E-state index contributed by atoms with van der Waals surface area (Å²) in [5.41, 5.74) is 3.00. The Balaban J connectivity index is 1.62. The zero-order valence-corrected chi connectivity index (χ0v) is 11.2. The number of amides is 2. The quantitative estimate of drug-likeness (QED) is 0.593. The van der Waals surface area contributed by atoms with Gasteiger partial charge in [-0.1, -0.05) is 12.1 Å². The van der Waals surface area contributed by atoms with Gasteiger partial charge in [0.2, 0.25) is 0 Å². The van der Waals surface area contributed by atoms with Crippen molar-refractivity contribution >= 4 is 22.8 Å². The average Bonchev–Trinajstić information content (AvgIpc) is 3.01. The van der Waals surface area contributed by atoms with E-state index >= 15 is 0 Å². The molecule has 0 aliphatic heterocycles. The van der Waals surface area contributed by atoms with E-state index in [1.807, 2.05) is 24.3 Å². The Kier molecular flexibility index (Phi) is 2.63. The second-order valence-corrected chi connectivity index (χ2v) is 5.12. The van der Waals surface area contributed by atoms with Crippen LogP contribution in [0.3, 0.4) is 0 Å². The highest BCUT2D eigenvalue weighted by atomic mass is 16.2. The van der Waals surface area contributed by atoms with E-state index in [0.29, 0.717) is 23.2 Å². The molecule has 2 amide bonds. The number of urea groups is 1. The van der Waals surface area contributed by atoms with E-state index in [1.165, 1.54) is 0 Å². The molecule has 0 atom stereocenters. The zero-order chi connectivity index (χ0) is 14.2. The highest BCUT2D eigenvalue weighted by Gasteiger charge is 2.24. The van der Waals surface area contributed by atoms with Crippen LogP contribution in [0.2, 0.25) is 0 Å². The summed E-state index contributed by atoms with van der Waals surface area (Å²) >= 11 is 0. The molecule has 1 aliphatic rings. The van der Waals surface area contributed by atoms with Gasteiger partial charge in [-0.15, -0.1) is 0 Å². The van der Waals surface area contributed by atoms with Crippen molar-refractivity contribution in [3.8, 4) is 11.5 Å². The average molecular weight is 282 g/mol. The summed E-state index contributed by atoms with van der Waals surface area (Å²) in [6.45, 7) is 0. The fourth-order valence-corrected chi connectivity index (χ4v) is 2.20. The summed E-state index contributed by atoms with van der Waals surface area (Å²) < 4.78 is 0. The summed E-state index contributed by atoms with van der Waals surface area (Å²) in [5, 5.41) is 12.6. The minimum atomic E-state index is -0.212. The molecule has 1 aliphatic carbocycles. The fourth-order valence-electron chi connectivity index (χ4n) is 2.20. The van der Waals surface area contributed by atoms with Gasteiger partial charge >= 0.3 is 6.03 Å². The second kappa shape index (κ2) is 4.62. The van der Waals surface area contributed by atoms with Gasteiger partial charge in [0, 0.05) is 12.2 Å². The molecule has 4 rings (SSSR count). The van der Waals surface area contributed by atoms with Crippen molar-refractivity contribution in [1.29, 1.82) is 0 Å². The normalized spacial score (nSPS) is 14.3. The molecule has 7 heteroatoms. The van der Waals surface area contributed by atoms with Gasteiger partial charge in [-0.25, -0.2) is 9.78 Å². The molecule has 4 N–H and O–H groups in total. The van der Waals surface area contributed by atoms with Crippen LogP contribution in [-0.2, 0) is 0 Å². The first-order valence-electron chi connectivity index (χ1n) is 6.86. The molecule has 2 aromatic heterocycles. The number of aromatic amines is 2. The number of nitrogens with one attached hydrogen (secondary N) is 4. The van der Waals surface area contributed by atoms with Crippen molar-refractivity contribution in [2.45, 2.75) is 18.9 Å². The lowest BCUT2D eigenvalue weighted by Crippen LogP contribution is -2.30. The van der Waals surface area contributed by atoms with E-state index in [0.717, 1.165) is 23.9 Å². The Morgan fingerprint density at radius 1 is 1.29 bits per heavy atom. The molecule has 7 nitrogen and oxygen atoms in total. The number of hydrogen-bond acceptors (Lipinski definition) is 3. The third-order valence-electron chi connectivity index (χ3n) is 3.41. The molecular weight excluding hydrogens is 268 g/mol. The van der Waals surface area contributed by atoms with Gasteiger partial charge < -0.3 is 15.6 Å². The molecule has 0 radical (unpaired) electrons. The van der Waals surface area contributed by atoms with E-state index in [2.05, 4.69) is 30.8 Å². The van der Waals surface area contributed by atoms with E-state index in [4.69, 9.17) is 0 Å². The van der Waals surface area contributed by atoms with E-state index in [1.54, 1.807) is 6.20 Å². The Morgan fingerprint density at radius 2 is 2.14 bits per heavy atom. The standard InChI is InChI=1S/C14H14N6O/c21-14(16-8-5-6-8)19-11-7-15-20-12(11)13-17-9-3-1-2-4-10(9)18-13/h1-4,7-8H,5-6H2,(H,15,20)(H,17,18)(H2,16,19,21). The number of carbonyl (C=O) groups is 1. The number of carbonyl (C=O) groups excluding carboxylic acids is 1. The first-order valence-corrected chi connectivity index (χ1v) is 6.86. The number of fused-ring (bicyclic) bond motifs is 1. The van der Waals surface area contributed by atoms with E-state index in [9.17, 15) is 4.79 Å². The molecule has 2 heterocycles. The molecule has 3 aromatic rings. The van der Waals surface area contributed by atoms with Crippen molar-refractivity contribution in [1.82, 2.24) is 25.5 Å². The van der Waals surface area contributed by atoms with Crippen LogP contribution in [0.1, 0.15) is 12.8 Å². The Labute approximate surface area is 120 Å². The van der Waals surface area contributed by atoms with Crippen molar-refractivity contribution in [2.75, 3.05) is 5.32 Å². The topological polar surface area (TPSA) is 98.5 Å². The smallest absolute Gasteiger partial charge is 0.319 e. The van der Waals surface area contributed by atoms with Crippen molar-refractivity contribution in [3.05, 3.63) is 30.5 Å². The van der Waals surface area contributed by atoms with Gasteiger partial charge in [0.25, 0.3) is 0 Å². The van der Waals surface area contributed by atoms with Crippen LogP contribution in [0.25, 0.3) is 22.6 Å². The van der Waals surface area contributed by atoms with Gasteiger partial charge in [-0.3, -0.25) is 5.10 Å². The number of rotatable bonds is 3. The predicted octanol–water partition coefficient (Wildman–Crippen LogP) is 2.24. The van der Waals surface area contributed by atoms with E-state index < -0.39 is 0 Å². The van der Waals surface area contributed by atoms with Crippen LogP contribution in [-0.4, -0.2) is 32.2 Å². The van der Waals surface area contributed by atoms with E-state index in [-0.39, 0.29) is 6.03 Å². The number of imidazole rings is 1. The van der Waals surface area contributed by atoms with Gasteiger partial charge in [-0.2, -0.15) is 5.10 Å². The lowest BCUT2D eigenvalue weighted by Gasteiger charge is -2.05. The largest absolute Gasteiger partial charge is 0.337 e. The minimum Gasteiger partial charge on any atom is -0.337 e. The number of aromatic nitrogens is 4. The number of para-hydroxylation sites is 2. The number of hydrogen-bond donors (Lipinski definition) is 4. The lowest BCUT2D eigenvalue weighted by atomic mass is 10.3. The van der Waals surface area contributed by atoms with Crippen LogP contribution in [0.4, 0.5) is 10.5 Å². The van der Waals surface area contributed by atoms with Gasteiger partial charge in [-0.05, 0) is 25.0 Å². The van der Waals surface area contributed by atoms with Gasteiger partial charge in [0.1, 0.15) is 0 Å². The van der Waals surface area contributed by atoms with Crippen LogP contribution < -0.4 is 10.6 Å². The highest BCUT2D eigenvalue weighted by molar-refractivity contribution is 5.93. The van der Waals surface area contributed by atoms with Crippen molar-refractivity contribution in [2.24, 2.45) is 0 Å². The maximum Gasteiger partial charge on any atom is 0.319 e. The Hall–Kier alpha value is -2.83. The summed E-state index contributed by atoms with van der Waals surface area (Å²) in [6.07, 6.45) is 3.75. The Morgan fingerprint density at radius 3 is 2.95 bits per heavy atom. The van der Waals surface area contributed by atoms with Crippen molar-refractivity contribution in [3.63, 3.8) is 0 Å². The first kappa shape index (κ1) is 12.0.